The second-order valence-corrected chi connectivity index (χ2v) is 11.3. The fourth-order valence-corrected chi connectivity index (χ4v) is 5.96. The lowest BCUT2D eigenvalue weighted by Crippen LogP contribution is -2.52. The monoisotopic (exact) mass is 541 g/mol. The van der Waals surface area contributed by atoms with E-state index in [4.69, 9.17) is 4.74 Å². The van der Waals surface area contributed by atoms with Gasteiger partial charge in [0, 0.05) is 19.0 Å². The Morgan fingerprint density at radius 3 is 1.93 bits per heavy atom. The molecule has 0 radical (unpaired) electrons. The highest BCUT2D eigenvalue weighted by Crippen LogP contribution is 2.39. The highest BCUT2D eigenvalue weighted by Gasteiger charge is 2.43. The summed E-state index contributed by atoms with van der Waals surface area (Å²) in [7, 11) is 0. The molecule has 2 fully saturated rings. The highest BCUT2D eigenvalue weighted by molar-refractivity contribution is 5.93. The van der Waals surface area contributed by atoms with Crippen LogP contribution in [0, 0.1) is 17.8 Å². The van der Waals surface area contributed by atoms with Crippen LogP contribution in [-0.4, -0.2) is 52.1 Å². The number of hydrogen-bond donors (Lipinski definition) is 2. The molecule has 40 heavy (non-hydrogen) atoms. The number of aliphatic hydroxyl groups excluding tert-OH is 2. The fourth-order valence-electron chi connectivity index (χ4n) is 5.96. The SMILES string of the molecule is O=C(C1CCC1Cc1ccc(OCc2ccccc2)cc1)[C@H](O)C(O)C(=O)N1CCC(Cc2ccccc2)CC1. The van der Waals surface area contributed by atoms with E-state index in [9.17, 15) is 19.8 Å². The van der Waals surface area contributed by atoms with Gasteiger partial charge in [0.15, 0.2) is 11.9 Å². The van der Waals surface area contributed by atoms with Crippen LogP contribution in [0.5, 0.6) is 5.75 Å². The molecular weight excluding hydrogens is 502 g/mol. The zero-order valence-electron chi connectivity index (χ0n) is 22.9. The van der Waals surface area contributed by atoms with Gasteiger partial charge in [0.2, 0.25) is 0 Å². The summed E-state index contributed by atoms with van der Waals surface area (Å²) in [5, 5.41) is 21.3. The molecule has 3 aromatic rings. The van der Waals surface area contributed by atoms with Crippen molar-refractivity contribution in [1.29, 1.82) is 0 Å². The Morgan fingerprint density at radius 2 is 1.32 bits per heavy atom. The van der Waals surface area contributed by atoms with Crippen LogP contribution in [0.2, 0.25) is 0 Å². The minimum atomic E-state index is -1.71. The number of ketones is 1. The Balaban J connectivity index is 1.07. The molecule has 0 aromatic heterocycles. The van der Waals surface area contributed by atoms with Gasteiger partial charge in [-0.05, 0) is 79.2 Å². The number of hydrogen-bond acceptors (Lipinski definition) is 5. The van der Waals surface area contributed by atoms with Gasteiger partial charge in [-0.25, -0.2) is 0 Å². The van der Waals surface area contributed by atoms with Crippen molar-refractivity contribution >= 4 is 11.7 Å². The fraction of sp³-hybridized carbons (Fsp3) is 0.412. The molecule has 1 aliphatic carbocycles. The van der Waals surface area contributed by atoms with E-state index in [-0.39, 0.29) is 11.8 Å². The molecule has 2 aliphatic rings. The van der Waals surface area contributed by atoms with E-state index in [1.54, 1.807) is 4.90 Å². The molecule has 6 heteroatoms. The van der Waals surface area contributed by atoms with Crippen molar-refractivity contribution in [1.82, 2.24) is 4.90 Å². The number of rotatable bonds is 11. The smallest absolute Gasteiger partial charge is 0.254 e. The van der Waals surface area contributed by atoms with Gasteiger partial charge < -0.3 is 19.8 Å². The lowest BCUT2D eigenvalue weighted by atomic mass is 9.67. The average Bonchev–Trinajstić information content (AvgIpc) is 2.99. The third kappa shape index (κ3) is 6.98. The maximum absolute atomic E-state index is 13.1. The molecule has 1 aliphatic heterocycles. The summed E-state index contributed by atoms with van der Waals surface area (Å²) in [6, 6.07) is 28.2. The van der Waals surface area contributed by atoms with Gasteiger partial charge in [-0.15, -0.1) is 0 Å². The first-order valence-corrected chi connectivity index (χ1v) is 14.5. The predicted molar refractivity (Wildman–Crippen MR) is 154 cm³/mol. The molecule has 1 saturated carbocycles. The van der Waals surface area contributed by atoms with Gasteiger partial charge in [-0.2, -0.15) is 0 Å². The molecule has 2 N–H and O–H groups in total. The summed E-state index contributed by atoms with van der Waals surface area (Å²) in [4.78, 5) is 27.6. The average molecular weight is 542 g/mol. The molecular formula is C34H39NO5. The summed E-state index contributed by atoms with van der Waals surface area (Å²) in [6.07, 6.45) is 1.53. The molecule has 5 rings (SSSR count). The van der Waals surface area contributed by atoms with Crippen molar-refractivity contribution in [2.24, 2.45) is 17.8 Å². The summed E-state index contributed by atoms with van der Waals surface area (Å²) < 4.78 is 5.86. The van der Waals surface area contributed by atoms with Crippen molar-refractivity contribution < 1.29 is 24.5 Å². The number of likely N-dealkylation sites (tertiary alicyclic amines) is 1. The molecule has 3 unspecified atom stereocenters. The van der Waals surface area contributed by atoms with E-state index in [2.05, 4.69) is 12.1 Å². The van der Waals surface area contributed by atoms with Gasteiger partial charge >= 0.3 is 0 Å². The standard InChI is InChI=1S/C34H39NO5/c36-31(32(37)33(38)34(39)35-19-17-26(18-20-35)21-24-7-3-1-4-8-24)30-16-13-28(30)22-25-11-14-29(15-12-25)40-23-27-9-5-2-6-10-27/h1-12,14-15,26,28,30,32-33,37-38H,13,16-23H2/t28?,30?,32-,33?/m0/s1. The summed E-state index contributed by atoms with van der Waals surface area (Å²) in [5.41, 5.74) is 3.49. The first-order chi connectivity index (χ1) is 19.5. The van der Waals surface area contributed by atoms with Crippen molar-refractivity contribution in [3.8, 4) is 5.75 Å². The highest BCUT2D eigenvalue weighted by atomic mass is 16.5. The van der Waals surface area contributed by atoms with E-state index in [0.717, 1.165) is 42.6 Å². The number of nitrogens with zero attached hydrogens (tertiary/aromatic N) is 1. The maximum Gasteiger partial charge on any atom is 0.254 e. The summed E-state index contributed by atoms with van der Waals surface area (Å²) in [5.74, 6) is 0.0579. The van der Waals surface area contributed by atoms with Crippen molar-refractivity contribution in [2.75, 3.05) is 13.1 Å². The normalized spacial score (nSPS) is 20.8. The van der Waals surface area contributed by atoms with Crippen LogP contribution in [0.25, 0.3) is 0 Å². The molecule has 1 heterocycles. The van der Waals surface area contributed by atoms with Crippen LogP contribution in [0.15, 0.2) is 84.9 Å². The maximum atomic E-state index is 13.1. The molecule has 1 saturated heterocycles. The number of ether oxygens (including phenoxy) is 1. The largest absolute Gasteiger partial charge is 0.489 e. The van der Waals surface area contributed by atoms with Crippen LogP contribution in [0.1, 0.15) is 42.4 Å². The second kappa shape index (κ2) is 13.2. The van der Waals surface area contributed by atoms with E-state index in [1.165, 1.54) is 5.56 Å². The van der Waals surface area contributed by atoms with Crippen molar-refractivity contribution in [3.05, 3.63) is 102 Å². The zero-order valence-corrected chi connectivity index (χ0v) is 22.9. The molecule has 1 amide bonds. The quantitative estimate of drug-likeness (QED) is 0.370. The number of piperidine rings is 1. The number of benzene rings is 3. The Kier molecular flexibility index (Phi) is 9.30. The number of aliphatic hydroxyl groups is 2. The van der Waals surface area contributed by atoms with E-state index in [0.29, 0.717) is 38.5 Å². The van der Waals surface area contributed by atoms with Crippen LogP contribution in [0.3, 0.4) is 0 Å². The van der Waals surface area contributed by atoms with Crippen molar-refractivity contribution in [2.45, 2.75) is 57.3 Å². The zero-order chi connectivity index (χ0) is 27.9. The third-order valence-corrected chi connectivity index (χ3v) is 8.59. The third-order valence-electron chi connectivity index (χ3n) is 8.59. The predicted octanol–water partition coefficient (Wildman–Crippen LogP) is 4.61. The Bertz CT molecular complexity index is 1240. The lowest BCUT2D eigenvalue weighted by Gasteiger charge is -2.38. The van der Waals surface area contributed by atoms with E-state index in [1.807, 2.05) is 72.8 Å². The Labute approximate surface area is 236 Å². The number of carbonyl (C=O) groups is 2. The first kappa shape index (κ1) is 28.1. The van der Waals surface area contributed by atoms with E-state index >= 15 is 0 Å². The van der Waals surface area contributed by atoms with Crippen LogP contribution >= 0.6 is 0 Å². The topological polar surface area (TPSA) is 87.1 Å². The lowest BCUT2D eigenvalue weighted by molar-refractivity contribution is -0.157. The molecule has 6 nitrogen and oxygen atoms in total. The second-order valence-electron chi connectivity index (χ2n) is 11.3. The Hall–Kier alpha value is -3.48. The van der Waals surface area contributed by atoms with E-state index < -0.39 is 23.9 Å². The summed E-state index contributed by atoms with van der Waals surface area (Å²) in [6.45, 7) is 1.57. The number of Topliss-reactive ketones (excluding diaryl/α,β-unsaturated/α-hetero) is 1. The van der Waals surface area contributed by atoms with Crippen LogP contribution in [0.4, 0.5) is 0 Å². The molecule has 0 spiro atoms. The minimum Gasteiger partial charge on any atom is -0.489 e. The number of carbonyl (C=O) groups excluding carboxylic acids is 2. The van der Waals surface area contributed by atoms with Gasteiger partial charge in [0.25, 0.3) is 5.91 Å². The van der Waals surface area contributed by atoms with Crippen LogP contribution in [-0.2, 0) is 29.0 Å². The minimum absolute atomic E-state index is 0.0919. The van der Waals surface area contributed by atoms with Gasteiger partial charge in [0.1, 0.15) is 18.5 Å². The van der Waals surface area contributed by atoms with Crippen LogP contribution < -0.4 is 4.74 Å². The molecule has 0 bridgehead atoms. The Morgan fingerprint density at radius 1 is 0.725 bits per heavy atom. The van der Waals surface area contributed by atoms with Gasteiger partial charge in [-0.1, -0.05) is 72.8 Å². The molecule has 210 valence electrons. The number of amides is 1. The summed E-state index contributed by atoms with van der Waals surface area (Å²) >= 11 is 0. The molecule has 3 aromatic carbocycles. The van der Waals surface area contributed by atoms with Crippen molar-refractivity contribution in [3.63, 3.8) is 0 Å². The first-order valence-electron chi connectivity index (χ1n) is 14.5. The van der Waals surface area contributed by atoms with Gasteiger partial charge in [0.05, 0.1) is 0 Å². The molecule has 4 atom stereocenters. The van der Waals surface area contributed by atoms with Gasteiger partial charge in [-0.3, -0.25) is 9.59 Å².